The van der Waals surface area contributed by atoms with Crippen LogP contribution in [0.4, 0.5) is 10.1 Å². The molecule has 5 rings (SSSR count). The van der Waals surface area contributed by atoms with Crippen molar-refractivity contribution in [2.45, 2.75) is 32.9 Å². The minimum Gasteiger partial charge on any atom is -0.507 e. The number of amides is 1. The van der Waals surface area contributed by atoms with Crippen LogP contribution in [0.2, 0.25) is 0 Å². The Kier molecular flexibility index (Phi) is 5.84. The number of nitrogens with one attached hydrogen (secondary N) is 1. The molecule has 1 aliphatic rings. The van der Waals surface area contributed by atoms with Crippen molar-refractivity contribution in [2.24, 2.45) is 0 Å². The van der Waals surface area contributed by atoms with E-state index < -0.39 is 23.5 Å². The van der Waals surface area contributed by atoms with Crippen LogP contribution in [0, 0.1) is 12.7 Å². The summed E-state index contributed by atoms with van der Waals surface area (Å²) >= 11 is 0. The number of nitrogens with zero attached hydrogens (tertiary/aromatic N) is 1. The summed E-state index contributed by atoms with van der Waals surface area (Å²) in [4.78, 5) is 31.2. The molecule has 0 radical (unpaired) electrons. The molecule has 3 aromatic carbocycles. The van der Waals surface area contributed by atoms with E-state index in [0.29, 0.717) is 22.6 Å². The molecule has 182 valence electrons. The van der Waals surface area contributed by atoms with Crippen molar-refractivity contribution in [3.8, 4) is 5.75 Å². The van der Waals surface area contributed by atoms with E-state index in [9.17, 15) is 19.1 Å². The minimum atomic E-state index is -0.918. The molecule has 0 aliphatic carbocycles. The first-order chi connectivity index (χ1) is 17.3. The SMILES string of the molecule is Cc1cc(/C(O)=C2\C(=O)C(=O)N(c3ccc(F)cc3)C2c2c[nH]c3ccccc23)ccc1OC(C)C. The number of para-hydroxylation sites is 1. The van der Waals surface area contributed by atoms with E-state index in [1.165, 1.54) is 29.2 Å². The van der Waals surface area contributed by atoms with Crippen molar-refractivity contribution in [1.82, 2.24) is 4.98 Å². The number of fused-ring (bicyclic) bond motifs is 1. The molecule has 0 saturated carbocycles. The van der Waals surface area contributed by atoms with Crippen molar-refractivity contribution in [1.29, 1.82) is 0 Å². The van der Waals surface area contributed by atoms with Gasteiger partial charge in [0.2, 0.25) is 0 Å². The lowest BCUT2D eigenvalue weighted by molar-refractivity contribution is -0.132. The highest BCUT2D eigenvalue weighted by molar-refractivity contribution is 6.51. The van der Waals surface area contributed by atoms with E-state index in [1.54, 1.807) is 24.4 Å². The molecule has 1 amide bonds. The zero-order valence-electron chi connectivity index (χ0n) is 20.1. The Balaban J connectivity index is 1.72. The number of aliphatic hydroxyl groups is 1. The van der Waals surface area contributed by atoms with Crippen LogP contribution in [0.25, 0.3) is 16.7 Å². The number of anilines is 1. The number of aromatic amines is 1. The number of H-pyrrole nitrogens is 1. The number of ether oxygens (including phenoxy) is 1. The molecular formula is C29H25FN2O4. The number of ketones is 1. The van der Waals surface area contributed by atoms with Gasteiger partial charge in [-0.1, -0.05) is 18.2 Å². The highest BCUT2D eigenvalue weighted by Crippen LogP contribution is 2.44. The van der Waals surface area contributed by atoms with Gasteiger partial charge in [0, 0.05) is 33.9 Å². The zero-order valence-corrected chi connectivity index (χ0v) is 20.1. The third-order valence-corrected chi connectivity index (χ3v) is 6.28. The lowest BCUT2D eigenvalue weighted by atomic mass is 9.94. The number of aliphatic hydroxyl groups excluding tert-OH is 1. The summed E-state index contributed by atoms with van der Waals surface area (Å²) in [5, 5.41) is 12.2. The second-order valence-corrected chi connectivity index (χ2v) is 9.08. The molecule has 7 heteroatoms. The lowest BCUT2D eigenvalue weighted by Crippen LogP contribution is -2.29. The standard InChI is InChI=1S/C29H25FN2O4/c1-16(2)36-24-13-8-18(14-17(24)3)27(33)25-26(22-15-31-23-7-5-4-6-21(22)23)32(29(35)28(25)34)20-11-9-19(30)10-12-20/h4-16,26,31,33H,1-3H3/b27-25+. The number of hydrogen-bond acceptors (Lipinski definition) is 4. The first-order valence-electron chi connectivity index (χ1n) is 11.7. The molecule has 1 atom stereocenters. The number of halogens is 1. The topological polar surface area (TPSA) is 82.6 Å². The Labute approximate surface area is 207 Å². The number of rotatable bonds is 5. The van der Waals surface area contributed by atoms with E-state index in [4.69, 9.17) is 4.74 Å². The molecule has 36 heavy (non-hydrogen) atoms. The van der Waals surface area contributed by atoms with Crippen LogP contribution in [0.15, 0.2) is 78.5 Å². The molecule has 1 unspecified atom stereocenters. The Hall–Kier alpha value is -4.39. The average Bonchev–Trinajstić information content (AvgIpc) is 3.39. The first kappa shape index (κ1) is 23.4. The van der Waals surface area contributed by atoms with Gasteiger partial charge in [0.25, 0.3) is 11.7 Å². The van der Waals surface area contributed by atoms with Crippen LogP contribution >= 0.6 is 0 Å². The summed E-state index contributed by atoms with van der Waals surface area (Å²) in [6, 6.07) is 17.1. The summed E-state index contributed by atoms with van der Waals surface area (Å²) in [5.41, 5.74) is 2.96. The van der Waals surface area contributed by atoms with Crippen molar-refractivity contribution < 1.29 is 23.8 Å². The predicted molar refractivity (Wildman–Crippen MR) is 136 cm³/mol. The maximum atomic E-state index is 13.7. The summed E-state index contributed by atoms with van der Waals surface area (Å²) in [5.74, 6) is -1.69. The molecule has 6 nitrogen and oxygen atoms in total. The molecular weight excluding hydrogens is 459 g/mol. The van der Waals surface area contributed by atoms with Gasteiger partial charge in [-0.25, -0.2) is 4.39 Å². The molecule has 4 aromatic rings. The highest BCUT2D eigenvalue weighted by Gasteiger charge is 2.47. The third kappa shape index (κ3) is 3.92. The smallest absolute Gasteiger partial charge is 0.300 e. The molecule has 0 spiro atoms. The van der Waals surface area contributed by atoms with E-state index in [2.05, 4.69) is 4.98 Å². The number of hydrogen-bond donors (Lipinski definition) is 2. The molecule has 2 heterocycles. The fraction of sp³-hybridized carbons (Fsp3) is 0.172. The maximum Gasteiger partial charge on any atom is 0.300 e. The van der Waals surface area contributed by atoms with Crippen molar-refractivity contribution in [2.75, 3.05) is 4.90 Å². The van der Waals surface area contributed by atoms with E-state index in [0.717, 1.165) is 16.5 Å². The summed E-state index contributed by atoms with van der Waals surface area (Å²) < 4.78 is 19.5. The summed E-state index contributed by atoms with van der Waals surface area (Å²) in [6.45, 7) is 5.69. The fourth-order valence-corrected chi connectivity index (χ4v) is 4.65. The van der Waals surface area contributed by atoms with Gasteiger partial charge in [0.05, 0.1) is 17.7 Å². The van der Waals surface area contributed by atoms with Crippen molar-refractivity contribution in [3.63, 3.8) is 0 Å². The Bertz CT molecular complexity index is 1520. The highest BCUT2D eigenvalue weighted by atomic mass is 19.1. The molecule has 1 aromatic heterocycles. The number of aryl methyl sites for hydroxylation is 1. The second kappa shape index (κ2) is 9.00. The number of benzene rings is 3. The monoisotopic (exact) mass is 484 g/mol. The Morgan fingerprint density at radius 3 is 2.47 bits per heavy atom. The average molecular weight is 485 g/mol. The Morgan fingerprint density at radius 1 is 1.06 bits per heavy atom. The van der Waals surface area contributed by atoms with Crippen LogP contribution in [0.1, 0.15) is 36.6 Å². The van der Waals surface area contributed by atoms with Crippen molar-refractivity contribution >= 4 is 34.0 Å². The number of carbonyl (C=O) groups is 2. The number of carbonyl (C=O) groups excluding carboxylic acids is 2. The number of aromatic nitrogens is 1. The van der Waals surface area contributed by atoms with Crippen LogP contribution in [-0.4, -0.2) is 27.9 Å². The van der Waals surface area contributed by atoms with E-state index in [1.807, 2.05) is 45.0 Å². The molecule has 0 bridgehead atoms. The molecule has 2 N–H and O–H groups in total. The third-order valence-electron chi connectivity index (χ3n) is 6.28. The largest absolute Gasteiger partial charge is 0.507 e. The van der Waals surface area contributed by atoms with Gasteiger partial charge in [0.1, 0.15) is 17.3 Å². The zero-order chi connectivity index (χ0) is 25.6. The summed E-state index contributed by atoms with van der Waals surface area (Å²) in [7, 11) is 0. The van der Waals surface area contributed by atoms with Gasteiger partial charge in [-0.15, -0.1) is 0 Å². The van der Waals surface area contributed by atoms with Gasteiger partial charge < -0.3 is 14.8 Å². The normalized spacial score (nSPS) is 17.4. The fourth-order valence-electron chi connectivity index (χ4n) is 4.65. The molecule has 1 aliphatic heterocycles. The van der Waals surface area contributed by atoms with Crippen LogP contribution in [-0.2, 0) is 9.59 Å². The molecule has 1 fully saturated rings. The van der Waals surface area contributed by atoms with Gasteiger partial charge in [-0.05, 0) is 74.9 Å². The second-order valence-electron chi connectivity index (χ2n) is 9.08. The van der Waals surface area contributed by atoms with Crippen LogP contribution < -0.4 is 9.64 Å². The minimum absolute atomic E-state index is 0.0222. The van der Waals surface area contributed by atoms with Crippen LogP contribution in [0.5, 0.6) is 5.75 Å². The van der Waals surface area contributed by atoms with Gasteiger partial charge >= 0.3 is 0 Å². The van der Waals surface area contributed by atoms with Gasteiger partial charge in [-0.3, -0.25) is 14.5 Å². The summed E-state index contributed by atoms with van der Waals surface area (Å²) in [6.07, 6.45) is 1.71. The van der Waals surface area contributed by atoms with E-state index >= 15 is 0 Å². The van der Waals surface area contributed by atoms with E-state index in [-0.39, 0.29) is 17.4 Å². The van der Waals surface area contributed by atoms with Gasteiger partial charge in [-0.2, -0.15) is 0 Å². The Morgan fingerprint density at radius 2 is 1.78 bits per heavy atom. The van der Waals surface area contributed by atoms with Crippen LogP contribution in [0.3, 0.4) is 0 Å². The predicted octanol–water partition coefficient (Wildman–Crippen LogP) is 6.03. The number of Topliss-reactive ketones (excluding diaryl/α,β-unsaturated/α-hetero) is 1. The first-order valence-corrected chi connectivity index (χ1v) is 11.7. The lowest BCUT2D eigenvalue weighted by Gasteiger charge is -2.25. The van der Waals surface area contributed by atoms with Gasteiger partial charge in [0.15, 0.2) is 0 Å². The van der Waals surface area contributed by atoms with Crippen molar-refractivity contribution in [3.05, 3.63) is 101 Å². The molecule has 1 saturated heterocycles. The quantitative estimate of drug-likeness (QED) is 0.206. The maximum absolute atomic E-state index is 13.7.